The number of likely N-dealkylation sites (N-methyl/N-ethyl adjacent to an activating group) is 1. The van der Waals surface area contributed by atoms with Crippen molar-refractivity contribution in [2.75, 3.05) is 21.1 Å². The van der Waals surface area contributed by atoms with Gasteiger partial charge >= 0.3 is 0 Å². The Hall–Kier alpha value is -1.60. The molecular weight excluding hydrogens is 242 g/mol. The molecular formula is C19H22N+. The molecule has 0 amide bonds. The van der Waals surface area contributed by atoms with Crippen molar-refractivity contribution in [3.8, 4) is 0 Å². The second-order valence-corrected chi connectivity index (χ2v) is 7.21. The second kappa shape index (κ2) is 3.95. The highest BCUT2D eigenvalue weighted by molar-refractivity contribution is 5.56. The molecule has 0 spiro atoms. The van der Waals surface area contributed by atoms with Gasteiger partial charge in [-0.2, -0.15) is 0 Å². The number of quaternary nitrogens is 1. The number of benzene rings is 2. The SMILES string of the molecule is C[N+](C)(C)C1CC2c3ccccc3C1c1ccccc12. The summed E-state index contributed by atoms with van der Waals surface area (Å²) in [6.07, 6.45) is 1.28. The Bertz CT molecular complexity index is 618. The third-order valence-electron chi connectivity index (χ3n) is 5.27. The molecule has 0 heterocycles. The van der Waals surface area contributed by atoms with E-state index in [4.69, 9.17) is 0 Å². The van der Waals surface area contributed by atoms with Gasteiger partial charge in [0.1, 0.15) is 6.04 Å². The number of nitrogens with zero attached hydrogens (tertiary/aromatic N) is 1. The second-order valence-electron chi connectivity index (χ2n) is 7.21. The van der Waals surface area contributed by atoms with Crippen LogP contribution in [0, 0.1) is 0 Å². The molecule has 1 heteroatoms. The first-order valence-corrected chi connectivity index (χ1v) is 7.56. The van der Waals surface area contributed by atoms with Gasteiger partial charge in [-0.15, -0.1) is 0 Å². The lowest BCUT2D eigenvalue weighted by Gasteiger charge is -2.50. The number of fused-ring (bicyclic) bond motifs is 1. The molecule has 5 rings (SSSR count). The zero-order chi connectivity index (χ0) is 13.9. The monoisotopic (exact) mass is 264 g/mol. The molecule has 2 bridgehead atoms. The smallest absolute Gasteiger partial charge is 0.100 e. The van der Waals surface area contributed by atoms with Crippen LogP contribution in [0.2, 0.25) is 0 Å². The van der Waals surface area contributed by atoms with E-state index in [2.05, 4.69) is 69.7 Å². The van der Waals surface area contributed by atoms with Crippen LogP contribution in [0.1, 0.15) is 40.5 Å². The summed E-state index contributed by atoms with van der Waals surface area (Å²) < 4.78 is 1.05. The molecule has 0 N–H and O–H groups in total. The first-order valence-electron chi connectivity index (χ1n) is 7.56. The minimum absolute atomic E-state index is 0.562. The highest BCUT2D eigenvalue weighted by Gasteiger charge is 2.48. The Morgan fingerprint density at radius 1 is 0.750 bits per heavy atom. The van der Waals surface area contributed by atoms with Gasteiger partial charge in [0.15, 0.2) is 0 Å². The molecule has 20 heavy (non-hydrogen) atoms. The van der Waals surface area contributed by atoms with Gasteiger partial charge in [-0.05, 0) is 22.3 Å². The predicted molar refractivity (Wildman–Crippen MR) is 83.0 cm³/mol. The highest BCUT2D eigenvalue weighted by atomic mass is 15.3. The van der Waals surface area contributed by atoms with Gasteiger partial charge in [0, 0.05) is 12.3 Å². The summed E-state index contributed by atoms with van der Waals surface area (Å²) in [5.41, 5.74) is 6.28. The number of rotatable bonds is 1. The molecule has 0 saturated carbocycles. The van der Waals surface area contributed by atoms with E-state index in [0.717, 1.165) is 4.48 Å². The van der Waals surface area contributed by atoms with Crippen molar-refractivity contribution in [1.82, 2.24) is 0 Å². The fourth-order valence-electron chi connectivity index (χ4n) is 4.37. The molecule has 0 aliphatic heterocycles. The maximum Gasteiger partial charge on any atom is 0.100 e. The summed E-state index contributed by atoms with van der Waals surface area (Å²) in [4.78, 5) is 0. The van der Waals surface area contributed by atoms with Crippen molar-refractivity contribution < 1.29 is 4.48 Å². The van der Waals surface area contributed by atoms with Gasteiger partial charge in [0.25, 0.3) is 0 Å². The standard InChI is InChI=1S/C19H22N/c1-20(2,3)18-12-17-13-8-4-6-10-15(13)19(18)16-11-7-5-9-14(16)17/h4-11,17-19H,12H2,1-3H3/q+1. The molecule has 0 fully saturated rings. The maximum absolute atomic E-state index is 2.35. The van der Waals surface area contributed by atoms with Gasteiger partial charge in [-0.3, -0.25) is 0 Å². The van der Waals surface area contributed by atoms with Crippen molar-refractivity contribution in [1.29, 1.82) is 0 Å². The lowest BCUT2D eigenvalue weighted by molar-refractivity contribution is -0.898. The largest absolute Gasteiger partial charge is 0.328 e. The maximum atomic E-state index is 2.35. The topological polar surface area (TPSA) is 0 Å². The van der Waals surface area contributed by atoms with E-state index in [9.17, 15) is 0 Å². The van der Waals surface area contributed by atoms with E-state index in [-0.39, 0.29) is 0 Å². The summed E-state index contributed by atoms with van der Waals surface area (Å²) in [5.74, 6) is 1.15. The Labute approximate surface area is 121 Å². The van der Waals surface area contributed by atoms with E-state index in [0.29, 0.717) is 17.9 Å². The van der Waals surface area contributed by atoms with Crippen LogP contribution >= 0.6 is 0 Å². The summed E-state index contributed by atoms with van der Waals surface area (Å²) in [6, 6.07) is 18.9. The van der Waals surface area contributed by atoms with E-state index >= 15 is 0 Å². The molecule has 0 aromatic heterocycles. The zero-order valence-corrected chi connectivity index (χ0v) is 12.5. The fraction of sp³-hybridized carbons (Fsp3) is 0.368. The van der Waals surface area contributed by atoms with E-state index in [1.54, 1.807) is 22.3 Å². The summed E-state index contributed by atoms with van der Waals surface area (Å²) in [5, 5.41) is 0. The van der Waals surface area contributed by atoms with Crippen LogP contribution in [-0.2, 0) is 0 Å². The predicted octanol–water partition coefficient (Wildman–Crippen LogP) is 3.74. The van der Waals surface area contributed by atoms with Crippen molar-refractivity contribution in [2.24, 2.45) is 0 Å². The van der Waals surface area contributed by atoms with Crippen LogP contribution in [0.15, 0.2) is 48.5 Å². The van der Waals surface area contributed by atoms with Crippen molar-refractivity contribution in [2.45, 2.75) is 24.3 Å². The third-order valence-corrected chi connectivity index (χ3v) is 5.27. The molecule has 2 aromatic carbocycles. The van der Waals surface area contributed by atoms with Crippen LogP contribution in [-0.4, -0.2) is 31.7 Å². The molecule has 1 nitrogen and oxygen atoms in total. The lowest BCUT2D eigenvalue weighted by Crippen LogP contribution is -2.53. The third kappa shape index (κ3) is 1.53. The summed E-state index contributed by atoms with van der Waals surface area (Å²) in [7, 11) is 7.03. The molecule has 1 atom stereocenters. The van der Waals surface area contributed by atoms with Crippen LogP contribution < -0.4 is 0 Å². The van der Waals surface area contributed by atoms with Crippen molar-refractivity contribution >= 4 is 0 Å². The Kier molecular flexibility index (Phi) is 2.41. The first-order chi connectivity index (χ1) is 9.57. The van der Waals surface area contributed by atoms with Crippen molar-refractivity contribution in [3.63, 3.8) is 0 Å². The Balaban J connectivity index is 1.98. The van der Waals surface area contributed by atoms with E-state index in [1.807, 2.05) is 0 Å². The molecule has 3 aliphatic rings. The minimum atomic E-state index is 0.562. The van der Waals surface area contributed by atoms with Gasteiger partial charge in [-0.25, -0.2) is 0 Å². The normalized spacial score (nSPS) is 27.1. The molecule has 0 radical (unpaired) electrons. The Morgan fingerprint density at radius 3 is 1.65 bits per heavy atom. The molecule has 3 aliphatic carbocycles. The van der Waals surface area contributed by atoms with Gasteiger partial charge in [0.2, 0.25) is 0 Å². The average Bonchev–Trinajstić information content (AvgIpc) is 2.46. The van der Waals surface area contributed by atoms with E-state index in [1.165, 1.54) is 6.42 Å². The number of hydrogen-bond acceptors (Lipinski definition) is 0. The van der Waals surface area contributed by atoms with Gasteiger partial charge in [0.05, 0.1) is 27.1 Å². The zero-order valence-electron chi connectivity index (χ0n) is 12.5. The van der Waals surface area contributed by atoms with Crippen LogP contribution in [0.4, 0.5) is 0 Å². The summed E-state index contributed by atoms with van der Waals surface area (Å²) in [6.45, 7) is 0. The average molecular weight is 264 g/mol. The fourth-order valence-corrected chi connectivity index (χ4v) is 4.37. The van der Waals surface area contributed by atoms with E-state index < -0.39 is 0 Å². The molecule has 1 unspecified atom stereocenters. The highest BCUT2D eigenvalue weighted by Crippen LogP contribution is 2.54. The molecule has 102 valence electrons. The van der Waals surface area contributed by atoms with Gasteiger partial charge in [-0.1, -0.05) is 48.5 Å². The van der Waals surface area contributed by atoms with Gasteiger partial charge < -0.3 is 4.48 Å². The number of hydrogen-bond donors (Lipinski definition) is 0. The molecule has 2 aromatic rings. The van der Waals surface area contributed by atoms with Crippen LogP contribution in [0.5, 0.6) is 0 Å². The van der Waals surface area contributed by atoms with Crippen molar-refractivity contribution in [3.05, 3.63) is 70.8 Å². The Morgan fingerprint density at radius 2 is 1.20 bits per heavy atom. The summed E-state index contributed by atoms with van der Waals surface area (Å²) >= 11 is 0. The first kappa shape index (κ1) is 12.2. The van der Waals surface area contributed by atoms with Crippen LogP contribution in [0.25, 0.3) is 0 Å². The van der Waals surface area contributed by atoms with Crippen LogP contribution in [0.3, 0.4) is 0 Å². The minimum Gasteiger partial charge on any atom is -0.328 e. The quantitative estimate of drug-likeness (QED) is 0.688. The lowest BCUT2D eigenvalue weighted by atomic mass is 9.61. The molecule has 0 saturated heterocycles.